The van der Waals surface area contributed by atoms with Crippen molar-refractivity contribution in [2.24, 2.45) is 0 Å². The number of nitrogens with zero attached hydrogens (tertiary/aromatic N) is 2. The molecular formula is C11H10N4O. The number of aromatic nitrogens is 3. The summed E-state index contributed by atoms with van der Waals surface area (Å²) in [6.45, 7) is 1.91. The zero-order valence-corrected chi connectivity index (χ0v) is 8.69. The lowest BCUT2D eigenvalue weighted by atomic mass is 10.1. The van der Waals surface area contributed by atoms with Crippen LogP contribution in [-0.2, 0) is 0 Å². The van der Waals surface area contributed by atoms with Gasteiger partial charge in [-0.15, -0.1) is 0 Å². The number of hydrogen-bond donors (Lipinski definition) is 2. The molecule has 0 spiro atoms. The Kier molecular flexibility index (Phi) is 1.73. The number of aryl methyl sites for hydroxylation is 1. The summed E-state index contributed by atoms with van der Waals surface area (Å²) in [7, 11) is 0. The fourth-order valence-electron chi connectivity index (χ4n) is 1.77. The van der Waals surface area contributed by atoms with E-state index in [-0.39, 0.29) is 0 Å². The monoisotopic (exact) mass is 214 g/mol. The average molecular weight is 214 g/mol. The summed E-state index contributed by atoms with van der Waals surface area (Å²) < 4.78 is 5.30. The fraction of sp³-hybridized carbons (Fsp3) is 0.0909. The Balaban J connectivity index is 2.31. The maximum absolute atomic E-state index is 5.58. The SMILES string of the molecule is Cc1noc2c(-c3cc(N)n[nH]3)cccc12. The third-order valence-corrected chi connectivity index (χ3v) is 2.57. The molecule has 3 aromatic rings. The third kappa shape index (κ3) is 1.18. The standard InChI is InChI=1S/C11H10N4O/c1-6-7-3-2-4-8(11(7)16-15-6)9-5-10(12)14-13-9/h2-5H,1H3,(H3,12,13,14). The van der Waals surface area contributed by atoms with E-state index in [9.17, 15) is 0 Å². The summed E-state index contributed by atoms with van der Waals surface area (Å²) in [6.07, 6.45) is 0. The van der Waals surface area contributed by atoms with Crippen molar-refractivity contribution in [3.8, 4) is 11.3 Å². The zero-order chi connectivity index (χ0) is 11.1. The predicted molar refractivity (Wildman–Crippen MR) is 60.7 cm³/mol. The van der Waals surface area contributed by atoms with Gasteiger partial charge in [0.05, 0.1) is 11.4 Å². The van der Waals surface area contributed by atoms with Crippen LogP contribution in [0.3, 0.4) is 0 Å². The van der Waals surface area contributed by atoms with E-state index in [1.54, 1.807) is 6.07 Å². The van der Waals surface area contributed by atoms with Crippen LogP contribution in [0, 0.1) is 6.92 Å². The van der Waals surface area contributed by atoms with E-state index in [4.69, 9.17) is 10.3 Å². The van der Waals surface area contributed by atoms with E-state index in [0.717, 1.165) is 27.9 Å². The van der Waals surface area contributed by atoms with Gasteiger partial charge in [-0.1, -0.05) is 11.2 Å². The van der Waals surface area contributed by atoms with Crippen LogP contribution in [0.25, 0.3) is 22.2 Å². The molecule has 0 fully saturated rings. The van der Waals surface area contributed by atoms with Crippen molar-refractivity contribution in [3.05, 3.63) is 30.0 Å². The van der Waals surface area contributed by atoms with Gasteiger partial charge in [0, 0.05) is 17.0 Å². The smallest absolute Gasteiger partial charge is 0.176 e. The first kappa shape index (κ1) is 8.96. The van der Waals surface area contributed by atoms with Crippen LogP contribution in [0.2, 0.25) is 0 Å². The second-order valence-corrected chi connectivity index (χ2v) is 3.66. The molecule has 0 aliphatic carbocycles. The molecule has 5 heteroatoms. The van der Waals surface area contributed by atoms with Gasteiger partial charge in [-0.3, -0.25) is 5.10 Å². The number of nitrogens with two attached hydrogens (primary N) is 1. The molecular weight excluding hydrogens is 204 g/mol. The van der Waals surface area contributed by atoms with Crippen molar-refractivity contribution in [3.63, 3.8) is 0 Å². The Hall–Kier alpha value is -2.30. The Morgan fingerprint density at radius 1 is 1.38 bits per heavy atom. The predicted octanol–water partition coefficient (Wildman–Crippen LogP) is 2.11. The van der Waals surface area contributed by atoms with Crippen molar-refractivity contribution >= 4 is 16.8 Å². The lowest BCUT2D eigenvalue weighted by Gasteiger charge is -1.96. The number of para-hydroxylation sites is 1. The van der Waals surface area contributed by atoms with Crippen molar-refractivity contribution < 1.29 is 4.52 Å². The molecule has 80 valence electrons. The lowest BCUT2D eigenvalue weighted by Crippen LogP contribution is -1.81. The maximum atomic E-state index is 5.58. The van der Waals surface area contributed by atoms with E-state index in [1.165, 1.54) is 0 Å². The number of H-pyrrole nitrogens is 1. The summed E-state index contributed by atoms with van der Waals surface area (Å²) in [4.78, 5) is 0. The molecule has 16 heavy (non-hydrogen) atoms. The Morgan fingerprint density at radius 2 is 2.25 bits per heavy atom. The van der Waals surface area contributed by atoms with Gasteiger partial charge < -0.3 is 10.3 Å². The number of aromatic amines is 1. The molecule has 0 amide bonds. The molecule has 3 rings (SSSR count). The number of nitrogen functional groups attached to an aromatic ring is 1. The van der Waals surface area contributed by atoms with Gasteiger partial charge in [-0.25, -0.2) is 0 Å². The van der Waals surface area contributed by atoms with Gasteiger partial charge in [-0.2, -0.15) is 5.10 Å². The van der Waals surface area contributed by atoms with Gasteiger partial charge in [0.2, 0.25) is 0 Å². The van der Waals surface area contributed by atoms with Crippen LogP contribution in [0.5, 0.6) is 0 Å². The molecule has 2 heterocycles. The molecule has 0 saturated heterocycles. The van der Waals surface area contributed by atoms with Crippen LogP contribution in [0.15, 0.2) is 28.8 Å². The summed E-state index contributed by atoms with van der Waals surface area (Å²) in [5, 5.41) is 11.7. The normalized spacial score (nSPS) is 11.1. The van der Waals surface area contributed by atoms with Crippen LogP contribution < -0.4 is 5.73 Å². The molecule has 2 aromatic heterocycles. The molecule has 0 aliphatic rings. The summed E-state index contributed by atoms with van der Waals surface area (Å²) in [5.74, 6) is 0.461. The van der Waals surface area contributed by atoms with E-state index in [2.05, 4.69) is 15.4 Å². The molecule has 0 saturated carbocycles. The van der Waals surface area contributed by atoms with Gasteiger partial charge in [0.15, 0.2) is 5.58 Å². The van der Waals surface area contributed by atoms with Crippen molar-refractivity contribution in [2.75, 3.05) is 5.73 Å². The number of rotatable bonds is 1. The minimum Gasteiger partial charge on any atom is -0.382 e. The van der Waals surface area contributed by atoms with E-state index in [0.29, 0.717) is 5.82 Å². The first-order valence-electron chi connectivity index (χ1n) is 4.92. The zero-order valence-electron chi connectivity index (χ0n) is 8.69. The van der Waals surface area contributed by atoms with Gasteiger partial charge in [0.25, 0.3) is 0 Å². The van der Waals surface area contributed by atoms with Crippen LogP contribution in [0.4, 0.5) is 5.82 Å². The summed E-state index contributed by atoms with van der Waals surface area (Å²) in [6, 6.07) is 7.65. The maximum Gasteiger partial charge on any atom is 0.176 e. The molecule has 0 aliphatic heterocycles. The Labute approximate surface area is 91.2 Å². The van der Waals surface area contributed by atoms with Crippen LogP contribution in [-0.4, -0.2) is 15.4 Å². The van der Waals surface area contributed by atoms with Gasteiger partial charge >= 0.3 is 0 Å². The lowest BCUT2D eigenvalue weighted by molar-refractivity contribution is 0.451. The first-order valence-corrected chi connectivity index (χ1v) is 4.92. The van der Waals surface area contributed by atoms with Crippen molar-refractivity contribution in [1.82, 2.24) is 15.4 Å². The number of anilines is 1. The van der Waals surface area contributed by atoms with Gasteiger partial charge in [0.1, 0.15) is 5.82 Å². The quantitative estimate of drug-likeness (QED) is 0.650. The number of fused-ring (bicyclic) bond motifs is 1. The molecule has 0 unspecified atom stereocenters. The topological polar surface area (TPSA) is 80.7 Å². The molecule has 0 radical (unpaired) electrons. The Morgan fingerprint density at radius 3 is 3.00 bits per heavy atom. The van der Waals surface area contributed by atoms with E-state index >= 15 is 0 Å². The number of benzene rings is 1. The fourth-order valence-corrected chi connectivity index (χ4v) is 1.77. The summed E-state index contributed by atoms with van der Waals surface area (Å²) in [5.41, 5.74) is 8.96. The molecule has 0 bridgehead atoms. The second kappa shape index (κ2) is 3.10. The van der Waals surface area contributed by atoms with Crippen LogP contribution in [0.1, 0.15) is 5.69 Å². The molecule has 3 N–H and O–H groups in total. The third-order valence-electron chi connectivity index (χ3n) is 2.57. The van der Waals surface area contributed by atoms with Crippen molar-refractivity contribution in [1.29, 1.82) is 0 Å². The molecule has 5 nitrogen and oxygen atoms in total. The van der Waals surface area contributed by atoms with Gasteiger partial charge in [-0.05, 0) is 19.1 Å². The minimum absolute atomic E-state index is 0.461. The van der Waals surface area contributed by atoms with E-state index < -0.39 is 0 Å². The highest BCUT2D eigenvalue weighted by molar-refractivity contribution is 5.92. The number of hydrogen-bond acceptors (Lipinski definition) is 4. The van der Waals surface area contributed by atoms with Crippen molar-refractivity contribution in [2.45, 2.75) is 6.92 Å². The largest absolute Gasteiger partial charge is 0.382 e. The van der Waals surface area contributed by atoms with E-state index in [1.807, 2.05) is 25.1 Å². The first-order chi connectivity index (χ1) is 7.75. The minimum atomic E-state index is 0.461. The summed E-state index contributed by atoms with van der Waals surface area (Å²) >= 11 is 0. The van der Waals surface area contributed by atoms with Crippen LogP contribution >= 0.6 is 0 Å². The highest BCUT2D eigenvalue weighted by atomic mass is 16.5. The second-order valence-electron chi connectivity index (χ2n) is 3.66. The molecule has 0 atom stereocenters. The molecule has 1 aromatic carbocycles. The highest BCUT2D eigenvalue weighted by Gasteiger charge is 2.11. The number of nitrogens with one attached hydrogen (secondary N) is 1. The Bertz CT molecular complexity index is 653. The average Bonchev–Trinajstić information content (AvgIpc) is 2.86. The highest BCUT2D eigenvalue weighted by Crippen LogP contribution is 2.29.